The average Bonchev–Trinajstić information content (AvgIpc) is 3.02. The molecule has 3 aromatic rings. The number of morpholine rings is 1. The van der Waals surface area contributed by atoms with Crippen molar-refractivity contribution in [2.24, 2.45) is 0 Å². The zero-order chi connectivity index (χ0) is 31.0. The smallest absolute Gasteiger partial charge is 0.166 e. The van der Waals surface area contributed by atoms with E-state index < -0.39 is 10.1 Å². The molecule has 0 amide bonds. The molecule has 9 nitrogen and oxygen atoms in total. The minimum absolute atomic E-state index is 0.0146. The van der Waals surface area contributed by atoms with Crippen LogP contribution in [0.25, 0.3) is 0 Å². The predicted octanol–water partition coefficient (Wildman–Crippen LogP) is 3.96. The van der Waals surface area contributed by atoms with Crippen molar-refractivity contribution in [3.8, 4) is 0 Å². The summed E-state index contributed by atoms with van der Waals surface area (Å²) in [5, 5.41) is 0. The molecule has 0 aromatic heterocycles. The second-order valence-electron chi connectivity index (χ2n) is 9.23. The molecule has 0 saturated carbocycles. The van der Waals surface area contributed by atoms with Crippen molar-refractivity contribution in [2.75, 3.05) is 92.5 Å². The van der Waals surface area contributed by atoms with Crippen molar-refractivity contribution in [3.63, 3.8) is 0 Å². The first-order chi connectivity index (χ1) is 20.9. The molecule has 4 rings (SSSR count). The fourth-order valence-corrected chi connectivity index (χ4v) is 5.88. The molecule has 0 spiro atoms. The molecule has 1 heterocycles. The van der Waals surface area contributed by atoms with Gasteiger partial charge in [-0.1, -0.05) is 54.6 Å². The molecule has 1 aliphatic heterocycles. The van der Waals surface area contributed by atoms with Crippen molar-refractivity contribution in [3.05, 3.63) is 91.0 Å². The minimum atomic E-state index is -3.92. The summed E-state index contributed by atoms with van der Waals surface area (Å²) >= 11 is 0. The predicted molar refractivity (Wildman–Crippen MR) is 169 cm³/mol. The van der Waals surface area contributed by atoms with E-state index in [1.165, 1.54) is 14.7 Å². The van der Waals surface area contributed by atoms with Crippen LogP contribution in [0.5, 0.6) is 0 Å². The maximum Gasteiger partial charge on any atom is 0.166 e. The van der Waals surface area contributed by atoms with Gasteiger partial charge in [0.25, 0.3) is 0 Å². The molecule has 0 N–H and O–H groups in total. The van der Waals surface area contributed by atoms with Gasteiger partial charge in [-0.15, -0.1) is 0 Å². The number of hydrogen-bond donors (Lipinski definition) is 0. The van der Waals surface area contributed by atoms with Gasteiger partial charge in [0.2, 0.25) is 0 Å². The maximum absolute atomic E-state index is 9.08. The Kier molecular flexibility index (Phi) is 19.8. The second-order valence-corrected chi connectivity index (χ2v) is 12.7. The third-order valence-corrected chi connectivity index (χ3v) is 8.00. The van der Waals surface area contributed by atoms with Crippen molar-refractivity contribution >= 4 is 21.0 Å². The minimum Gasteiger partial charge on any atom is -0.748 e. The molecule has 0 aliphatic carbocycles. The average molecular weight is 636 g/mol. The first-order valence-corrected chi connectivity index (χ1v) is 17.2. The van der Waals surface area contributed by atoms with E-state index in [0.29, 0.717) is 45.9 Å². The highest BCUT2D eigenvalue weighted by Gasteiger charge is 2.27. The molecule has 238 valence electrons. The summed E-state index contributed by atoms with van der Waals surface area (Å²) in [7, 11) is -2.27. The Morgan fingerprint density at radius 3 is 1.40 bits per heavy atom. The third kappa shape index (κ3) is 18.8. The normalized spacial score (nSPS) is 13.5. The van der Waals surface area contributed by atoms with Crippen LogP contribution in [0, 0.1) is 0 Å². The third-order valence-electron chi connectivity index (χ3n) is 5.77. The van der Waals surface area contributed by atoms with E-state index in [0.717, 1.165) is 39.5 Å². The van der Waals surface area contributed by atoms with E-state index in [1.54, 1.807) is 7.11 Å². The van der Waals surface area contributed by atoms with Crippen LogP contribution >= 0.6 is 0 Å². The lowest BCUT2D eigenvalue weighted by molar-refractivity contribution is -0.00721. The molecular formula is C32H45NO8S2. The molecule has 0 unspecified atom stereocenters. The SMILES string of the molecule is COCCOCCOCCOCCN1CCOCC1.CS(=O)(=O)[O-].c1ccc([S+](c2ccccc2)c2ccccc2)cc1. The van der Waals surface area contributed by atoms with Crippen molar-refractivity contribution in [2.45, 2.75) is 14.7 Å². The Hall–Kier alpha value is -2.32. The summed E-state index contributed by atoms with van der Waals surface area (Å²) in [5.41, 5.74) is 0. The first kappa shape index (κ1) is 36.9. The highest BCUT2D eigenvalue weighted by Crippen LogP contribution is 2.30. The molecule has 0 bridgehead atoms. The Balaban J connectivity index is 0.000000260. The van der Waals surface area contributed by atoms with Crippen LogP contribution in [0.4, 0.5) is 0 Å². The van der Waals surface area contributed by atoms with E-state index >= 15 is 0 Å². The van der Waals surface area contributed by atoms with Gasteiger partial charge in [0.1, 0.15) is 0 Å². The second kappa shape index (κ2) is 23.1. The molecule has 0 radical (unpaired) electrons. The number of hydrogen-bond acceptors (Lipinski definition) is 9. The lowest BCUT2D eigenvalue weighted by atomic mass is 10.4. The zero-order valence-corrected chi connectivity index (χ0v) is 26.8. The van der Waals surface area contributed by atoms with Gasteiger partial charge in [0.05, 0.1) is 80.5 Å². The molecule has 1 aliphatic rings. The molecule has 11 heteroatoms. The van der Waals surface area contributed by atoms with Crippen LogP contribution in [-0.4, -0.2) is 110 Å². The van der Waals surface area contributed by atoms with Crippen molar-refractivity contribution in [1.82, 2.24) is 4.90 Å². The van der Waals surface area contributed by atoms with E-state index in [4.69, 9.17) is 36.7 Å². The molecule has 1 saturated heterocycles. The van der Waals surface area contributed by atoms with Gasteiger partial charge in [-0.2, -0.15) is 0 Å². The van der Waals surface area contributed by atoms with Crippen LogP contribution in [-0.2, 0) is 44.7 Å². The van der Waals surface area contributed by atoms with Crippen molar-refractivity contribution < 1.29 is 36.7 Å². The Morgan fingerprint density at radius 2 is 1.02 bits per heavy atom. The number of methoxy groups -OCH3 is 1. The Morgan fingerprint density at radius 1 is 0.674 bits per heavy atom. The lowest BCUT2D eigenvalue weighted by Crippen LogP contribution is -2.38. The van der Waals surface area contributed by atoms with E-state index in [1.807, 2.05) is 0 Å². The summed E-state index contributed by atoms with van der Waals surface area (Å²) in [6.45, 7) is 9.17. The van der Waals surface area contributed by atoms with Crippen LogP contribution in [0.1, 0.15) is 0 Å². The lowest BCUT2D eigenvalue weighted by Gasteiger charge is -2.26. The summed E-state index contributed by atoms with van der Waals surface area (Å²) in [4.78, 5) is 6.44. The van der Waals surface area contributed by atoms with Crippen LogP contribution in [0.3, 0.4) is 0 Å². The van der Waals surface area contributed by atoms with Crippen molar-refractivity contribution in [1.29, 1.82) is 0 Å². The van der Waals surface area contributed by atoms with Gasteiger partial charge in [0, 0.05) is 33.0 Å². The van der Waals surface area contributed by atoms with E-state index in [2.05, 4.69) is 95.9 Å². The number of rotatable bonds is 15. The van der Waals surface area contributed by atoms with Crippen LogP contribution < -0.4 is 0 Å². The fourth-order valence-electron chi connectivity index (χ4n) is 3.78. The molecule has 43 heavy (non-hydrogen) atoms. The summed E-state index contributed by atoms with van der Waals surface area (Å²) in [5.74, 6) is 0. The van der Waals surface area contributed by atoms with E-state index in [-0.39, 0.29) is 10.9 Å². The van der Waals surface area contributed by atoms with Crippen LogP contribution in [0.2, 0.25) is 0 Å². The summed E-state index contributed by atoms with van der Waals surface area (Å²) in [6.07, 6.45) is 0.604. The van der Waals surface area contributed by atoms with Gasteiger partial charge in [0.15, 0.2) is 14.7 Å². The zero-order valence-electron chi connectivity index (χ0n) is 25.2. The molecule has 3 aromatic carbocycles. The number of benzene rings is 3. The fraction of sp³-hybridized carbons (Fsp3) is 0.438. The van der Waals surface area contributed by atoms with Crippen LogP contribution in [0.15, 0.2) is 106 Å². The first-order valence-electron chi connectivity index (χ1n) is 14.2. The standard InChI is InChI=1S/C18H15S.C13H27NO5.CH4O3S/c1-4-10-16(11-5-1)19(17-12-6-2-7-13-17)18-14-8-3-9-15-18;1-15-8-9-18-12-13-19-11-10-17-7-4-14-2-5-16-6-3-14;1-5(2,3)4/h1-15H;2-13H2,1H3;1H3,(H,2,3,4)/q+1;;/p-1. The molecule has 0 atom stereocenters. The maximum atomic E-state index is 9.08. The molecule has 1 fully saturated rings. The monoisotopic (exact) mass is 635 g/mol. The van der Waals surface area contributed by atoms with Gasteiger partial charge >= 0.3 is 0 Å². The number of nitrogens with zero attached hydrogens (tertiary/aromatic N) is 1. The number of ether oxygens (including phenoxy) is 5. The van der Waals surface area contributed by atoms with Gasteiger partial charge < -0.3 is 28.2 Å². The highest BCUT2D eigenvalue weighted by atomic mass is 32.2. The summed E-state index contributed by atoms with van der Waals surface area (Å²) in [6, 6.07) is 32.2. The van der Waals surface area contributed by atoms with E-state index in [9.17, 15) is 0 Å². The van der Waals surface area contributed by atoms with Gasteiger partial charge in [-0.25, -0.2) is 8.42 Å². The quantitative estimate of drug-likeness (QED) is 0.139. The highest BCUT2D eigenvalue weighted by molar-refractivity contribution is 7.97. The topological polar surface area (TPSA) is 107 Å². The molecular weight excluding hydrogens is 590 g/mol. The largest absolute Gasteiger partial charge is 0.748 e. The Labute approximate surface area is 260 Å². The summed E-state index contributed by atoms with van der Waals surface area (Å²) < 4.78 is 53.5. The Bertz CT molecular complexity index is 1060. The van der Waals surface area contributed by atoms with Gasteiger partial charge in [-0.05, 0) is 36.4 Å². The van der Waals surface area contributed by atoms with Gasteiger partial charge in [-0.3, -0.25) is 4.90 Å².